The molecule has 2 aromatic rings. The van der Waals surface area contributed by atoms with Gasteiger partial charge in [-0.1, -0.05) is 6.07 Å². The number of aryl methyl sites for hydroxylation is 2. The van der Waals surface area contributed by atoms with Gasteiger partial charge in [-0.15, -0.1) is 0 Å². The molecular formula is C11H11FN2. The fourth-order valence-electron chi connectivity index (χ4n) is 1.39. The fourth-order valence-corrected chi connectivity index (χ4v) is 1.39. The summed E-state index contributed by atoms with van der Waals surface area (Å²) < 4.78 is 14.7. The van der Waals surface area contributed by atoms with Crippen molar-refractivity contribution in [2.45, 2.75) is 6.92 Å². The third-order valence-corrected chi connectivity index (χ3v) is 2.20. The van der Waals surface area contributed by atoms with E-state index in [1.807, 2.05) is 19.3 Å². The smallest absolute Gasteiger partial charge is 0.126 e. The minimum Gasteiger partial charge on any atom is -0.275 e. The molecule has 0 saturated heterocycles. The highest BCUT2D eigenvalue weighted by atomic mass is 19.1. The Balaban J connectivity index is 2.47. The summed E-state index contributed by atoms with van der Waals surface area (Å²) in [5, 5.41) is 4.07. The molecule has 0 saturated carbocycles. The second kappa shape index (κ2) is 3.25. The molecule has 0 fully saturated rings. The Morgan fingerprint density at radius 3 is 2.64 bits per heavy atom. The summed E-state index contributed by atoms with van der Waals surface area (Å²) in [6.45, 7) is 1.76. The van der Waals surface area contributed by atoms with Crippen molar-refractivity contribution in [3.05, 3.63) is 42.0 Å². The lowest BCUT2D eigenvalue weighted by Crippen LogP contribution is -1.85. The van der Waals surface area contributed by atoms with Crippen LogP contribution in [0.4, 0.5) is 4.39 Å². The van der Waals surface area contributed by atoms with E-state index in [-0.39, 0.29) is 5.82 Å². The van der Waals surface area contributed by atoms with Gasteiger partial charge in [0.1, 0.15) is 5.82 Å². The maximum Gasteiger partial charge on any atom is 0.126 e. The highest BCUT2D eigenvalue weighted by molar-refractivity contribution is 5.62. The lowest BCUT2D eigenvalue weighted by molar-refractivity contribution is 0.619. The van der Waals surface area contributed by atoms with Crippen LogP contribution < -0.4 is 0 Å². The highest BCUT2D eigenvalue weighted by Crippen LogP contribution is 2.20. The zero-order chi connectivity index (χ0) is 10.1. The molecule has 3 heteroatoms. The zero-order valence-corrected chi connectivity index (χ0v) is 8.16. The third kappa shape index (κ3) is 1.53. The molecule has 0 spiro atoms. The van der Waals surface area contributed by atoms with Crippen LogP contribution in [0.3, 0.4) is 0 Å². The van der Waals surface area contributed by atoms with Crippen LogP contribution in [-0.4, -0.2) is 9.78 Å². The van der Waals surface area contributed by atoms with Gasteiger partial charge in [-0.3, -0.25) is 4.68 Å². The maximum absolute atomic E-state index is 13.0. The Morgan fingerprint density at radius 2 is 2.07 bits per heavy atom. The molecule has 14 heavy (non-hydrogen) atoms. The zero-order valence-electron chi connectivity index (χ0n) is 8.16. The van der Waals surface area contributed by atoms with Gasteiger partial charge < -0.3 is 0 Å². The first-order valence-corrected chi connectivity index (χ1v) is 4.42. The molecular weight excluding hydrogens is 179 g/mol. The minimum absolute atomic E-state index is 0.169. The van der Waals surface area contributed by atoms with E-state index in [1.54, 1.807) is 23.9 Å². The molecule has 0 unspecified atom stereocenters. The fraction of sp³-hybridized carbons (Fsp3) is 0.182. The monoisotopic (exact) mass is 190 g/mol. The molecule has 0 radical (unpaired) electrons. The summed E-state index contributed by atoms with van der Waals surface area (Å²) >= 11 is 0. The van der Waals surface area contributed by atoms with Crippen molar-refractivity contribution in [3.63, 3.8) is 0 Å². The third-order valence-electron chi connectivity index (χ3n) is 2.20. The summed E-state index contributed by atoms with van der Waals surface area (Å²) in [4.78, 5) is 0. The molecule has 0 bridgehead atoms. The molecule has 2 nitrogen and oxygen atoms in total. The van der Waals surface area contributed by atoms with Crippen molar-refractivity contribution in [3.8, 4) is 11.1 Å². The van der Waals surface area contributed by atoms with Crippen molar-refractivity contribution in [1.82, 2.24) is 9.78 Å². The molecule has 0 atom stereocenters. The van der Waals surface area contributed by atoms with Crippen LogP contribution in [0.25, 0.3) is 11.1 Å². The standard InChI is InChI=1S/C11H11FN2/c1-8-5-9(3-4-11(8)12)10-6-13-14(2)7-10/h3-7H,1-2H3. The minimum atomic E-state index is -0.169. The van der Waals surface area contributed by atoms with Crippen LogP contribution >= 0.6 is 0 Å². The Kier molecular flexibility index (Phi) is 2.08. The number of hydrogen-bond donors (Lipinski definition) is 0. The number of nitrogens with zero attached hydrogens (tertiary/aromatic N) is 2. The van der Waals surface area contributed by atoms with Crippen molar-refractivity contribution >= 4 is 0 Å². The van der Waals surface area contributed by atoms with Crippen LogP contribution in [-0.2, 0) is 7.05 Å². The number of halogens is 1. The first-order valence-electron chi connectivity index (χ1n) is 4.42. The van der Waals surface area contributed by atoms with E-state index in [2.05, 4.69) is 5.10 Å². The van der Waals surface area contributed by atoms with E-state index in [9.17, 15) is 4.39 Å². The summed E-state index contributed by atoms with van der Waals surface area (Å²) in [5.74, 6) is -0.169. The van der Waals surface area contributed by atoms with E-state index in [0.717, 1.165) is 11.1 Å². The lowest BCUT2D eigenvalue weighted by Gasteiger charge is -1.99. The van der Waals surface area contributed by atoms with Gasteiger partial charge in [0.05, 0.1) is 6.20 Å². The second-order valence-electron chi connectivity index (χ2n) is 3.37. The quantitative estimate of drug-likeness (QED) is 0.675. The molecule has 72 valence electrons. The number of rotatable bonds is 1. The van der Waals surface area contributed by atoms with E-state index in [1.165, 1.54) is 6.07 Å². The number of aromatic nitrogens is 2. The average molecular weight is 190 g/mol. The Labute approximate surface area is 82.0 Å². The first kappa shape index (κ1) is 8.94. The molecule has 2 rings (SSSR count). The first-order chi connectivity index (χ1) is 6.66. The molecule has 1 aromatic heterocycles. The van der Waals surface area contributed by atoms with Crippen molar-refractivity contribution in [2.24, 2.45) is 7.05 Å². The predicted molar refractivity (Wildman–Crippen MR) is 53.3 cm³/mol. The molecule has 1 aromatic carbocycles. The summed E-state index contributed by atoms with van der Waals surface area (Å²) in [7, 11) is 1.86. The predicted octanol–water partition coefficient (Wildman–Crippen LogP) is 2.53. The van der Waals surface area contributed by atoms with Crippen LogP contribution in [0.2, 0.25) is 0 Å². The van der Waals surface area contributed by atoms with Gasteiger partial charge in [-0.25, -0.2) is 4.39 Å². The van der Waals surface area contributed by atoms with Gasteiger partial charge in [-0.2, -0.15) is 5.10 Å². The Hall–Kier alpha value is -1.64. The van der Waals surface area contributed by atoms with E-state index in [4.69, 9.17) is 0 Å². The van der Waals surface area contributed by atoms with Crippen molar-refractivity contribution < 1.29 is 4.39 Å². The van der Waals surface area contributed by atoms with Gasteiger partial charge in [0.15, 0.2) is 0 Å². The van der Waals surface area contributed by atoms with Crippen LogP contribution in [0, 0.1) is 12.7 Å². The SMILES string of the molecule is Cc1cc(-c2cnn(C)c2)ccc1F. The molecule has 0 aliphatic carbocycles. The van der Waals surface area contributed by atoms with Gasteiger partial charge in [0, 0.05) is 18.8 Å². The largest absolute Gasteiger partial charge is 0.275 e. The molecule has 0 aliphatic rings. The summed E-state index contributed by atoms with van der Waals surface area (Å²) in [6.07, 6.45) is 3.68. The van der Waals surface area contributed by atoms with Crippen LogP contribution in [0.5, 0.6) is 0 Å². The maximum atomic E-state index is 13.0. The Morgan fingerprint density at radius 1 is 1.29 bits per heavy atom. The van der Waals surface area contributed by atoms with Gasteiger partial charge in [0.2, 0.25) is 0 Å². The normalized spacial score (nSPS) is 10.5. The number of hydrogen-bond acceptors (Lipinski definition) is 1. The van der Waals surface area contributed by atoms with Gasteiger partial charge in [0.25, 0.3) is 0 Å². The lowest BCUT2D eigenvalue weighted by atomic mass is 10.1. The second-order valence-corrected chi connectivity index (χ2v) is 3.37. The topological polar surface area (TPSA) is 17.8 Å². The number of benzene rings is 1. The van der Waals surface area contributed by atoms with E-state index < -0.39 is 0 Å². The van der Waals surface area contributed by atoms with Crippen LogP contribution in [0.1, 0.15) is 5.56 Å². The van der Waals surface area contributed by atoms with Gasteiger partial charge >= 0.3 is 0 Å². The van der Waals surface area contributed by atoms with Crippen LogP contribution in [0.15, 0.2) is 30.6 Å². The van der Waals surface area contributed by atoms with Crippen molar-refractivity contribution in [2.75, 3.05) is 0 Å². The average Bonchev–Trinajstić information content (AvgIpc) is 2.57. The van der Waals surface area contributed by atoms with E-state index >= 15 is 0 Å². The van der Waals surface area contributed by atoms with E-state index in [0.29, 0.717) is 5.56 Å². The molecule has 0 amide bonds. The summed E-state index contributed by atoms with van der Waals surface area (Å²) in [6, 6.07) is 5.07. The Bertz CT molecular complexity index is 460. The highest BCUT2D eigenvalue weighted by Gasteiger charge is 2.02. The molecule has 1 heterocycles. The summed E-state index contributed by atoms with van der Waals surface area (Å²) in [5.41, 5.74) is 2.67. The van der Waals surface area contributed by atoms with Crippen molar-refractivity contribution in [1.29, 1.82) is 0 Å². The molecule has 0 aliphatic heterocycles. The molecule has 0 N–H and O–H groups in total. The van der Waals surface area contributed by atoms with Gasteiger partial charge in [-0.05, 0) is 30.2 Å².